The molecule has 2 aromatic carbocycles. The molecule has 0 saturated heterocycles. The van der Waals surface area contributed by atoms with Crippen LogP contribution in [0.25, 0.3) is 6.08 Å². The Morgan fingerprint density at radius 3 is 2.56 bits per heavy atom. The van der Waals surface area contributed by atoms with E-state index in [4.69, 9.17) is 9.47 Å². The molecular formula is C24H29BN2O7. The molecule has 2 aromatic rings. The summed E-state index contributed by atoms with van der Waals surface area (Å²) < 4.78 is 10.8. The van der Waals surface area contributed by atoms with Gasteiger partial charge in [-0.15, -0.1) is 0 Å². The van der Waals surface area contributed by atoms with Crippen molar-refractivity contribution in [3.63, 3.8) is 0 Å². The molecule has 0 saturated carbocycles. The van der Waals surface area contributed by atoms with E-state index in [2.05, 4.69) is 5.32 Å². The number of nitrogens with one attached hydrogen (secondary N) is 1. The normalized spacial score (nSPS) is 19.5. The summed E-state index contributed by atoms with van der Waals surface area (Å²) in [6, 6.07) is 13.4. The number of nitrogens with zero attached hydrogens (tertiary/aromatic N) is 1. The van der Waals surface area contributed by atoms with E-state index in [1.165, 1.54) is 18.1 Å². The highest BCUT2D eigenvalue weighted by Gasteiger charge is 2.38. The van der Waals surface area contributed by atoms with E-state index < -0.39 is 42.3 Å². The van der Waals surface area contributed by atoms with E-state index in [-0.39, 0.29) is 6.61 Å². The van der Waals surface area contributed by atoms with Crippen molar-refractivity contribution >= 4 is 36.9 Å². The zero-order valence-corrected chi connectivity index (χ0v) is 19.3. The molecule has 0 spiro atoms. The Labute approximate surface area is 199 Å². The minimum absolute atomic E-state index is 0.122. The molecule has 180 valence electrons. The van der Waals surface area contributed by atoms with Crippen LogP contribution in [0, 0.1) is 0 Å². The van der Waals surface area contributed by atoms with Crippen molar-refractivity contribution in [3.8, 4) is 5.75 Å². The van der Waals surface area contributed by atoms with Gasteiger partial charge in [0.2, 0.25) is 0 Å². The fourth-order valence-electron chi connectivity index (χ4n) is 3.68. The molecule has 9 nitrogen and oxygen atoms in total. The Balaban J connectivity index is 1.66. The van der Waals surface area contributed by atoms with Gasteiger partial charge in [0.25, 0.3) is 11.8 Å². The van der Waals surface area contributed by atoms with Crippen LogP contribution in [0.5, 0.6) is 5.75 Å². The number of ether oxygens (including phenoxy) is 2. The van der Waals surface area contributed by atoms with Gasteiger partial charge in [-0.2, -0.15) is 0 Å². The second-order valence-electron chi connectivity index (χ2n) is 8.08. The molecular weight excluding hydrogens is 439 g/mol. The van der Waals surface area contributed by atoms with Gasteiger partial charge < -0.3 is 35.0 Å². The third-order valence-corrected chi connectivity index (χ3v) is 5.76. The number of rotatable bonds is 8. The summed E-state index contributed by atoms with van der Waals surface area (Å²) in [6.45, 7) is -0.122. The number of amides is 2. The molecule has 2 amide bonds. The largest absolute Gasteiger partial charge is 0.489 e. The van der Waals surface area contributed by atoms with Crippen LogP contribution in [0.15, 0.2) is 54.6 Å². The Morgan fingerprint density at radius 2 is 1.85 bits per heavy atom. The Morgan fingerprint density at radius 1 is 1.18 bits per heavy atom. The second kappa shape index (κ2) is 11.3. The molecule has 0 aliphatic carbocycles. The molecule has 34 heavy (non-hydrogen) atoms. The van der Waals surface area contributed by atoms with Gasteiger partial charge in [-0.25, -0.2) is 0 Å². The Kier molecular flexibility index (Phi) is 8.46. The monoisotopic (exact) mass is 468 g/mol. The predicted molar refractivity (Wildman–Crippen MR) is 130 cm³/mol. The summed E-state index contributed by atoms with van der Waals surface area (Å²) in [4.78, 5) is 27.1. The molecule has 1 heterocycles. The summed E-state index contributed by atoms with van der Waals surface area (Å²) in [5, 5.41) is 33.8. The van der Waals surface area contributed by atoms with Crippen molar-refractivity contribution in [1.82, 2.24) is 5.32 Å². The van der Waals surface area contributed by atoms with Gasteiger partial charge >= 0.3 is 0 Å². The average molecular weight is 468 g/mol. The lowest BCUT2D eigenvalue weighted by molar-refractivity contribution is -0.150. The number of aliphatic hydroxyl groups excluding tert-OH is 3. The fourth-order valence-corrected chi connectivity index (χ4v) is 3.68. The number of para-hydroxylation sites is 2. The summed E-state index contributed by atoms with van der Waals surface area (Å²) in [5.41, 5.74) is 2.37. The van der Waals surface area contributed by atoms with Crippen LogP contribution in [-0.2, 0) is 14.3 Å². The molecule has 1 aliphatic heterocycles. The number of fused-ring (bicyclic) bond motifs is 1. The van der Waals surface area contributed by atoms with E-state index >= 15 is 0 Å². The minimum atomic E-state index is -1.77. The molecule has 10 heteroatoms. The number of benzene rings is 2. The van der Waals surface area contributed by atoms with Crippen LogP contribution < -0.4 is 20.4 Å². The number of aliphatic hydroxyl groups is 3. The molecule has 4 N–H and O–H groups in total. The average Bonchev–Trinajstić information content (AvgIpc) is 2.95. The summed E-state index contributed by atoms with van der Waals surface area (Å²) in [6.07, 6.45) is -3.55. The van der Waals surface area contributed by atoms with E-state index in [1.807, 2.05) is 32.1 Å². The molecule has 0 fully saturated rings. The van der Waals surface area contributed by atoms with Crippen molar-refractivity contribution in [2.75, 3.05) is 25.7 Å². The maximum atomic E-state index is 12.8. The van der Waals surface area contributed by atoms with Crippen molar-refractivity contribution < 1.29 is 34.4 Å². The first-order valence-electron chi connectivity index (χ1n) is 10.8. The SMILES string of the molecule is Bc1ccccc1/C=C/[C@@H](O)[C@H](O)[C@@H](O)[C@@H](OC)C(=O)NC1COc2ccccc2N(C)C1=O. The van der Waals surface area contributed by atoms with E-state index in [0.717, 1.165) is 11.0 Å². The highest BCUT2D eigenvalue weighted by Crippen LogP contribution is 2.29. The van der Waals surface area contributed by atoms with Crippen LogP contribution in [0.4, 0.5) is 5.69 Å². The van der Waals surface area contributed by atoms with Crippen molar-refractivity contribution in [3.05, 3.63) is 60.2 Å². The smallest absolute Gasteiger partial charge is 0.252 e. The van der Waals surface area contributed by atoms with E-state index in [9.17, 15) is 24.9 Å². The Hall–Kier alpha value is -3.18. The zero-order chi connectivity index (χ0) is 24.8. The first kappa shape index (κ1) is 25.4. The van der Waals surface area contributed by atoms with Crippen molar-refractivity contribution in [2.45, 2.75) is 30.5 Å². The first-order chi connectivity index (χ1) is 16.2. The van der Waals surface area contributed by atoms with Crippen molar-refractivity contribution in [1.29, 1.82) is 0 Å². The van der Waals surface area contributed by atoms with E-state index in [1.54, 1.807) is 37.4 Å². The van der Waals surface area contributed by atoms with Crippen LogP contribution in [0.3, 0.4) is 0 Å². The number of hydrogen-bond acceptors (Lipinski definition) is 7. The van der Waals surface area contributed by atoms with Gasteiger partial charge in [-0.1, -0.05) is 54.0 Å². The molecule has 0 radical (unpaired) electrons. The third-order valence-electron chi connectivity index (χ3n) is 5.76. The maximum Gasteiger partial charge on any atom is 0.252 e. The molecule has 0 bridgehead atoms. The highest BCUT2D eigenvalue weighted by molar-refractivity contribution is 6.34. The number of methoxy groups -OCH3 is 1. The lowest BCUT2D eigenvalue weighted by atomic mass is 9.90. The molecule has 1 unspecified atom stereocenters. The van der Waals surface area contributed by atoms with Gasteiger partial charge in [0.05, 0.1) is 5.69 Å². The second-order valence-corrected chi connectivity index (χ2v) is 8.08. The van der Waals surface area contributed by atoms with Crippen molar-refractivity contribution in [2.24, 2.45) is 0 Å². The number of carbonyl (C=O) groups is 2. The molecule has 1 aliphatic rings. The van der Waals surface area contributed by atoms with Crippen LogP contribution in [-0.4, -0.2) is 86.2 Å². The number of carbonyl (C=O) groups excluding carboxylic acids is 2. The standard InChI is InChI=1S/C24H29BN2O7/c1-27-17-9-5-6-10-19(17)34-13-16(24(27)32)26-23(31)22(33-2)21(30)20(29)18(28)12-11-14-7-3-4-8-15(14)25/h3-12,16,18,20-22,28-30H,13,25H2,1-2H3,(H,26,31)/b12-11+/t16?,18-,20+,21-,22-/m1/s1. The summed E-state index contributed by atoms with van der Waals surface area (Å²) in [7, 11) is 4.65. The highest BCUT2D eigenvalue weighted by atomic mass is 16.5. The van der Waals surface area contributed by atoms with Gasteiger partial charge in [-0.05, 0) is 17.7 Å². The summed E-state index contributed by atoms with van der Waals surface area (Å²) >= 11 is 0. The van der Waals surface area contributed by atoms with Gasteiger partial charge in [-0.3, -0.25) is 9.59 Å². The van der Waals surface area contributed by atoms with Crippen LogP contribution in [0.2, 0.25) is 0 Å². The summed E-state index contributed by atoms with van der Waals surface area (Å²) in [5.74, 6) is -0.743. The van der Waals surface area contributed by atoms with Gasteiger partial charge in [0.1, 0.15) is 44.6 Å². The predicted octanol–water partition coefficient (Wildman–Crippen LogP) is -1.40. The molecule has 5 atom stereocenters. The van der Waals surface area contributed by atoms with Gasteiger partial charge in [0.15, 0.2) is 6.10 Å². The lowest BCUT2D eigenvalue weighted by Crippen LogP contribution is -2.56. The van der Waals surface area contributed by atoms with Gasteiger partial charge in [0, 0.05) is 14.2 Å². The number of likely N-dealkylation sites (N-methyl/N-ethyl adjacent to an activating group) is 1. The number of hydrogen-bond donors (Lipinski definition) is 4. The van der Waals surface area contributed by atoms with Crippen LogP contribution in [0.1, 0.15) is 5.56 Å². The maximum absolute atomic E-state index is 12.8. The first-order valence-corrected chi connectivity index (χ1v) is 10.8. The number of anilines is 1. The quantitative estimate of drug-likeness (QED) is 0.351. The Bertz CT molecular complexity index is 1050. The minimum Gasteiger partial charge on any atom is -0.489 e. The van der Waals surface area contributed by atoms with E-state index in [0.29, 0.717) is 11.4 Å². The topological polar surface area (TPSA) is 129 Å². The third kappa shape index (κ3) is 5.65. The molecule has 3 rings (SSSR count). The van der Waals surface area contributed by atoms with Crippen LogP contribution >= 0.6 is 0 Å². The molecule has 0 aromatic heterocycles. The lowest BCUT2D eigenvalue weighted by Gasteiger charge is -2.28. The zero-order valence-electron chi connectivity index (χ0n) is 19.3. The fraction of sp³-hybridized carbons (Fsp3) is 0.333.